The maximum atomic E-state index is 12.7. The van der Waals surface area contributed by atoms with Crippen LogP contribution >= 0.6 is 0 Å². The molecule has 2 aromatic rings. The summed E-state index contributed by atoms with van der Waals surface area (Å²) >= 11 is 0. The van der Waals surface area contributed by atoms with Gasteiger partial charge in [-0.15, -0.1) is 0 Å². The summed E-state index contributed by atoms with van der Waals surface area (Å²) < 4.78 is 32.0. The van der Waals surface area contributed by atoms with E-state index in [0.717, 1.165) is 11.1 Å². The molecule has 1 saturated heterocycles. The van der Waals surface area contributed by atoms with Gasteiger partial charge in [0, 0.05) is 32.7 Å². The van der Waals surface area contributed by atoms with E-state index in [0.29, 0.717) is 44.0 Å². The Labute approximate surface area is 166 Å². The van der Waals surface area contributed by atoms with Gasteiger partial charge in [-0.1, -0.05) is 42.5 Å². The minimum Gasteiger partial charge on any atom is -0.380 e. The molecule has 28 heavy (non-hydrogen) atoms. The summed E-state index contributed by atoms with van der Waals surface area (Å²) in [6.07, 6.45) is 1.06. The number of nitrogens with zero attached hydrogens (tertiary/aromatic N) is 1. The van der Waals surface area contributed by atoms with Gasteiger partial charge in [-0.05, 0) is 36.1 Å². The van der Waals surface area contributed by atoms with Crippen molar-refractivity contribution in [2.75, 3.05) is 20.2 Å². The molecule has 0 atom stereocenters. The Morgan fingerprint density at radius 3 is 2.43 bits per heavy atom. The molecule has 0 saturated carbocycles. The van der Waals surface area contributed by atoms with E-state index in [1.165, 1.54) is 4.31 Å². The van der Waals surface area contributed by atoms with Crippen LogP contribution in [-0.2, 0) is 32.7 Å². The van der Waals surface area contributed by atoms with Gasteiger partial charge in [-0.25, -0.2) is 8.42 Å². The molecule has 150 valence electrons. The van der Waals surface area contributed by atoms with E-state index in [-0.39, 0.29) is 11.8 Å². The van der Waals surface area contributed by atoms with Crippen molar-refractivity contribution >= 4 is 15.9 Å². The lowest BCUT2D eigenvalue weighted by molar-refractivity contribution is -0.126. The van der Waals surface area contributed by atoms with Gasteiger partial charge in [0.2, 0.25) is 15.9 Å². The average Bonchev–Trinajstić information content (AvgIpc) is 2.73. The Morgan fingerprint density at radius 2 is 1.75 bits per heavy atom. The standard InChI is InChI=1S/C21H26N2O4S/c1-27-16-18-7-5-6-17(14-18)15-22-21(24)19-10-12-23(13-11-19)28(25,26)20-8-3-2-4-9-20/h2-9,14,19H,10-13,15-16H2,1H3,(H,22,24). The van der Waals surface area contributed by atoms with E-state index < -0.39 is 10.0 Å². The fourth-order valence-electron chi connectivity index (χ4n) is 3.43. The molecular formula is C21H26N2O4S. The highest BCUT2D eigenvalue weighted by atomic mass is 32.2. The van der Waals surface area contributed by atoms with Gasteiger partial charge < -0.3 is 10.1 Å². The van der Waals surface area contributed by atoms with Gasteiger partial charge >= 0.3 is 0 Å². The van der Waals surface area contributed by atoms with Crippen LogP contribution in [0.25, 0.3) is 0 Å². The molecule has 1 N–H and O–H groups in total. The molecule has 3 rings (SSSR count). The molecule has 2 aromatic carbocycles. The molecule has 0 aliphatic carbocycles. The van der Waals surface area contributed by atoms with Crippen LogP contribution in [0.2, 0.25) is 0 Å². The largest absolute Gasteiger partial charge is 0.380 e. The van der Waals surface area contributed by atoms with E-state index in [2.05, 4.69) is 5.32 Å². The fourth-order valence-corrected chi connectivity index (χ4v) is 4.92. The average molecular weight is 403 g/mol. The van der Waals surface area contributed by atoms with E-state index in [1.54, 1.807) is 37.4 Å². The van der Waals surface area contributed by atoms with E-state index in [4.69, 9.17) is 4.74 Å². The number of hydrogen-bond acceptors (Lipinski definition) is 4. The zero-order chi connectivity index (χ0) is 20.0. The summed E-state index contributed by atoms with van der Waals surface area (Å²) in [5.41, 5.74) is 2.08. The Hall–Kier alpha value is -2.22. The van der Waals surface area contributed by atoms with Crippen molar-refractivity contribution in [3.8, 4) is 0 Å². The minimum atomic E-state index is -3.49. The number of carbonyl (C=O) groups is 1. The Kier molecular flexibility index (Phi) is 6.83. The number of benzene rings is 2. The van der Waals surface area contributed by atoms with Crippen LogP contribution < -0.4 is 5.32 Å². The molecule has 1 aliphatic rings. The summed E-state index contributed by atoms with van der Waals surface area (Å²) in [5, 5.41) is 2.98. The van der Waals surface area contributed by atoms with Crippen LogP contribution in [0.4, 0.5) is 0 Å². The highest BCUT2D eigenvalue weighted by Crippen LogP contribution is 2.24. The molecule has 6 nitrogen and oxygen atoms in total. The Morgan fingerprint density at radius 1 is 1.07 bits per heavy atom. The van der Waals surface area contributed by atoms with Crippen molar-refractivity contribution in [2.45, 2.75) is 30.9 Å². The molecule has 1 fully saturated rings. The van der Waals surface area contributed by atoms with Gasteiger partial charge in [0.25, 0.3) is 0 Å². The van der Waals surface area contributed by atoms with Crippen LogP contribution in [0.1, 0.15) is 24.0 Å². The first kappa shape index (κ1) is 20.5. The number of carbonyl (C=O) groups excluding carboxylic acids is 1. The molecule has 0 aromatic heterocycles. The number of nitrogens with one attached hydrogen (secondary N) is 1. The summed E-state index contributed by atoms with van der Waals surface area (Å²) in [6.45, 7) is 1.71. The SMILES string of the molecule is COCc1cccc(CNC(=O)C2CCN(S(=O)(=O)c3ccccc3)CC2)c1. The number of ether oxygens (including phenoxy) is 1. The molecule has 0 bridgehead atoms. The van der Waals surface area contributed by atoms with E-state index in [9.17, 15) is 13.2 Å². The third-order valence-corrected chi connectivity index (χ3v) is 6.89. The van der Waals surface area contributed by atoms with Crippen LogP contribution in [0.15, 0.2) is 59.5 Å². The monoisotopic (exact) mass is 402 g/mol. The maximum absolute atomic E-state index is 12.7. The summed E-state index contributed by atoms with van der Waals surface area (Å²) in [5.74, 6) is -0.182. The number of methoxy groups -OCH3 is 1. The Bertz CT molecular complexity index is 892. The zero-order valence-electron chi connectivity index (χ0n) is 16.0. The highest BCUT2D eigenvalue weighted by Gasteiger charge is 2.31. The molecule has 1 aliphatic heterocycles. The summed E-state index contributed by atoms with van der Waals surface area (Å²) in [4.78, 5) is 12.8. The van der Waals surface area contributed by atoms with Crippen molar-refractivity contribution in [3.63, 3.8) is 0 Å². The number of amides is 1. The molecule has 1 amide bonds. The molecule has 1 heterocycles. The van der Waals surface area contributed by atoms with E-state index >= 15 is 0 Å². The summed E-state index contributed by atoms with van der Waals surface area (Å²) in [7, 11) is -1.84. The van der Waals surface area contributed by atoms with Crippen molar-refractivity contribution in [2.24, 2.45) is 5.92 Å². The van der Waals surface area contributed by atoms with Gasteiger partial charge in [0.1, 0.15) is 0 Å². The number of rotatable bonds is 7. The fraction of sp³-hybridized carbons (Fsp3) is 0.381. The normalized spacial score (nSPS) is 16.0. The van der Waals surface area contributed by atoms with Crippen LogP contribution in [0, 0.1) is 5.92 Å². The highest BCUT2D eigenvalue weighted by molar-refractivity contribution is 7.89. The lowest BCUT2D eigenvalue weighted by Gasteiger charge is -2.30. The van der Waals surface area contributed by atoms with Crippen LogP contribution in [0.3, 0.4) is 0 Å². The zero-order valence-corrected chi connectivity index (χ0v) is 16.8. The predicted molar refractivity (Wildman–Crippen MR) is 107 cm³/mol. The van der Waals surface area contributed by atoms with Crippen molar-refractivity contribution in [3.05, 3.63) is 65.7 Å². The first-order chi connectivity index (χ1) is 13.5. The third-order valence-electron chi connectivity index (χ3n) is 4.97. The van der Waals surface area contributed by atoms with E-state index in [1.807, 2.05) is 24.3 Å². The van der Waals surface area contributed by atoms with Gasteiger partial charge in [0.15, 0.2) is 0 Å². The maximum Gasteiger partial charge on any atom is 0.243 e. The second kappa shape index (κ2) is 9.32. The number of piperidine rings is 1. The second-order valence-electron chi connectivity index (χ2n) is 6.96. The molecule has 7 heteroatoms. The predicted octanol–water partition coefficient (Wildman–Crippen LogP) is 2.55. The lowest BCUT2D eigenvalue weighted by Crippen LogP contribution is -2.42. The minimum absolute atomic E-state index is 0.0195. The van der Waals surface area contributed by atoms with Gasteiger partial charge in [0.05, 0.1) is 11.5 Å². The van der Waals surface area contributed by atoms with Crippen LogP contribution in [-0.4, -0.2) is 38.8 Å². The summed E-state index contributed by atoms with van der Waals surface area (Å²) in [6, 6.07) is 16.3. The first-order valence-corrected chi connectivity index (χ1v) is 10.8. The van der Waals surface area contributed by atoms with Crippen molar-refractivity contribution < 1.29 is 17.9 Å². The number of sulfonamides is 1. The molecule has 0 spiro atoms. The lowest BCUT2D eigenvalue weighted by atomic mass is 9.97. The third kappa shape index (κ3) is 4.98. The molecular weight excluding hydrogens is 376 g/mol. The quantitative estimate of drug-likeness (QED) is 0.772. The van der Waals surface area contributed by atoms with Crippen molar-refractivity contribution in [1.82, 2.24) is 9.62 Å². The van der Waals surface area contributed by atoms with Gasteiger partial charge in [-0.2, -0.15) is 4.31 Å². The van der Waals surface area contributed by atoms with Crippen molar-refractivity contribution in [1.29, 1.82) is 0 Å². The smallest absolute Gasteiger partial charge is 0.243 e. The van der Waals surface area contributed by atoms with Crippen LogP contribution in [0.5, 0.6) is 0 Å². The second-order valence-corrected chi connectivity index (χ2v) is 8.90. The van der Waals surface area contributed by atoms with Gasteiger partial charge in [-0.3, -0.25) is 4.79 Å². The Balaban J connectivity index is 1.52. The molecule has 0 radical (unpaired) electrons. The number of hydrogen-bond donors (Lipinski definition) is 1. The topological polar surface area (TPSA) is 75.7 Å². The molecule has 0 unspecified atom stereocenters. The first-order valence-electron chi connectivity index (χ1n) is 9.40.